The van der Waals surface area contributed by atoms with Crippen LogP contribution in [0.3, 0.4) is 0 Å². The van der Waals surface area contributed by atoms with Gasteiger partial charge in [0.1, 0.15) is 17.4 Å². The molecular formula is C32H28O4. The van der Waals surface area contributed by atoms with Crippen LogP contribution in [0.25, 0.3) is 32.7 Å². The Bertz CT molecular complexity index is 1540. The smallest absolute Gasteiger partial charge is 0.321 e. The minimum Gasteiger partial charge on any atom is -0.507 e. The molecule has 0 aliphatic carbocycles. The highest BCUT2D eigenvalue weighted by Gasteiger charge is 2.33. The number of benzene rings is 5. The minimum atomic E-state index is -0.922. The number of carbonyl (C=O) groups excluding carboxylic acids is 1. The van der Waals surface area contributed by atoms with Gasteiger partial charge in [-0.25, -0.2) is 0 Å². The molecule has 0 unspecified atom stereocenters. The molecule has 5 aromatic carbocycles. The van der Waals surface area contributed by atoms with Gasteiger partial charge in [0.15, 0.2) is 0 Å². The summed E-state index contributed by atoms with van der Waals surface area (Å²) in [6.07, 6.45) is -0.922. The fourth-order valence-electron chi connectivity index (χ4n) is 4.81. The second kappa shape index (κ2) is 9.84. The monoisotopic (exact) mass is 476 g/mol. The summed E-state index contributed by atoms with van der Waals surface area (Å²) >= 11 is 0. The summed E-state index contributed by atoms with van der Waals surface area (Å²) < 4.78 is 6.09. The Kier molecular flexibility index (Phi) is 6.45. The summed E-state index contributed by atoms with van der Waals surface area (Å²) in [5.41, 5.74) is 1.94. The SMILES string of the molecule is CC(C)[C@@H](O)[C@H](C(=O)Oc1ccc2ccccc2c1-c1c(O)ccc2ccccc12)c1ccccc1. The van der Waals surface area contributed by atoms with E-state index in [4.69, 9.17) is 4.74 Å². The van der Waals surface area contributed by atoms with E-state index in [0.29, 0.717) is 22.4 Å². The van der Waals surface area contributed by atoms with Gasteiger partial charge in [0.05, 0.1) is 6.10 Å². The van der Waals surface area contributed by atoms with Gasteiger partial charge in [-0.05, 0) is 45.2 Å². The summed E-state index contributed by atoms with van der Waals surface area (Å²) in [7, 11) is 0. The van der Waals surface area contributed by atoms with Gasteiger partial charge in [0.2, 0.25) is 0 Å². The van der Waals surface area contributed by atoms with Crippen molar-refractivity contribution < 1.29 is 19.7 Å². The van der Waals surface area contributed by atoms with Gasteiger partial charge in [-0.15, -0.1) is 0 Å². The van der Waals surface area contributed by atoms with Crippen LogP contribution in [0.15, 0.2) is 103 Å². The van der Waals surface area contributed by atoms with Gasteiger partial charge in [-0.3, -0.25) is 4.79 Å². The molecule has 0 bridgehead atoms. The minimum absolute atomic E-state index is 0.101. The summed E-state index contributed by atoms with van der Waals surface area (Å²) in [5.74, 6) is -1.11. The maximum absolute atomic E-state index is 13.7. The fourth-order valence-corrected chi connectivity index (χ4v) is 4.81. The third-order valence-corrected chi connectivity index (χ3v) is 6.70. The van der Waals surface area contributed by atoms with Crippen molar-refractivity contribution in [1.29, 1.82) is 0 Å². The number of aliphatic hydroxyl groups is 1. The number of aliphatic hydroxyl groups excluding tert-OH is 1. The number of phenolic OH excluding ortho intramolecular Hbond substituents is 1. The van der Waals surface area contributed by atoms with Gasteiger partial charge < -0.3 is 14.9 Å². The first-order chi connectivity index (χ1) is 17.5. The average molecular weight is 477 g/mol. The predicted octanol–water partition coefficient (Wildman–Crippen LogP) is 7.07. The number of hydrogen-bond donors (Lipinski definition) is 2. The van der Waals surface area contributed by atoms with E-state index in [1.165, 1.54) is 0 Å². The molecule has 0 saturated carbocycles. The first-order valence-electron chi connectivity index (χ1n) is 12.1. The standard InChI is InChI=1S/C32H28O4/c1-20(2)31(34)28(23-12-4-3-5-13-23)32(35)36-27-19-17-22-11-7-9-15-25(22)30(27)29-24-14-8-6-10-21(24)16-18-26(29)33/h3-20,28,31,33-34H,1-2H3/t28-,31-/m1/s1. The predicted molar refractivity (Wildman–Crippen MR) is 144 cm³/mol. The van der Waals surface area contributed by atoms with E-state index >= 15 is 0 Å². The lowest BCUT2D eigenvalue weighted by Crippen LogP contribution is -2.33. The molecule has 36 heavy (non-hydrogen) atoms. The normalized spacial score (nSPS) is 13.1. The number of carbonyl (C=O) groups is 1. The van der Waals surface area contributed by atoms with Crippen LogP contribution >= 0.6 is 0 Å². The number of aromatic hydroxyl groups is 1. The Morgan fingerprint density at radius 3 is 1.89 bits per heavy atom. The van der Waals surface area contributed by atoms with Gasteiger partial charge in [0, 0.05) is 11.1 Å². The molecule has 0 saturated heterocycles. The van der Waals surface area contributed by atoms with Crippen molar-refractivity contribution in [2.45, 2.75) is 25.9 Å². The van der Waals surface area contributed by atoms with E-state index < -0.39 is 18.0 Å². The molecule has 5 aromatic rings. The molecule has 0 fully saturated rings. The molecule has 180 valence electrons. The highest BCUT2D eigenvalue weighted by Crippen LogP contribution is 2.45. The Hall–Kier alpha value is -4.15. The topological polar surface area (TPSA) is 66.8 Å². The average Bonchev–Trinajstić information content (AvgIpc) is 2.90. The molecule has 0 aliphatic heterocycles. The molecule has 4 heteroatoms. The van der Waals surface area contributed by atoms with Crippen molar-refractivity contribution in [3.63, 3.8) is 0 Å². The summed E-state index contributed by atoms with van der Waals surface area (Å²) in [5, 5.41) is 25.7. The van der Waals surface area contributed by atoms with Crippen molar-refractivity contribution in [1.82, 2.24) is 0 Å². The summed E-state index contributed by atoms with van der Waals surface area (Å²) in [6, 6.07) is 32.1. The zero-order valence-electron chi connectivity index (χ0n) is 20.3. The highest BCUT2D eigenvalue weighted by atomic mass is 16.5. The maximum atomic E-state index is 13.7. The highest BCUT2D eigenvalue weighted by molar-refractivity contribution is 6.10. The molecule has 0 heterocycles. The summed E-state index contributed by atoms with van der Waals surface area (Å²) in [6.45, 7) is 3.76. The van der Waals surface area contributed by atoms with Crippen LogP contribution in [0.2, 0.25) is 0 Å². The van der Waals surface area contributed by atoms with Crippen LogP contribution in [0.4, 0.5) is 0 Å². The van der Waals surface area contributed by atoms with Crippen LogP contribution in [0.1, 0.15) is 25.3 Å². The Balaban J connectivity index is 1.70. The maximum Gasteiger partial charge on any atom is 0.321 e. The second-order valence-corrected chi connectivity index (χ2v) is 9.38. The van der Waals surface area contributed by atoms with Crippen LogP contribution < -0.4 is 4.74 Å². The van der Waals surface area contributed by atoms with Crippen LogP contribution in [0.5, 0.6) is 11.5 Å². The fraction of sp³-hybridized carbons (Fsp3) is 0.156. The number of hydrogen-bond acceptors (Lipinski definition) is 4. The number of phenols is 1. The van der Waals surface area contributed by atoms with E-state index in [9.17, 15) is 15.0 Å². The van der Waals surface area contributed by atoms with Gasteiger partial charge in [-0.2, -0.15) is 0 Å². The number of rotatable bonds is 6. The molecule has 0 aliphatic rings. The molecule has 4 nitrogen and oxygen atoms in total. The Labute approximate surface area is 210 Å². The second-order valence-electron chi connectivity index (χ2n) is 9.38. The van der Waals surface area contributed by atoms with Crippen molar-refractivity contribution >= 4 is 27.5 Å². The third kappa shape index (κ3) is 4.32. The molecule has 0 radical (unpaired) electrons. The lowest BCUT2D eigenvalue weighted by atomic mass is 9.87. The quantitative estimate of drug-likeness (QED) is 0.203. The van der Waals surface area contributed by atoms with Gasteiger partial charge in [-0.1, -0.05) is 105 Å². The zero-order chi connectivity index (χ0) is 25.2. The number of fused-ring (bicyclic) bond motifs is 2. The largest absolute Gasteiger partial charge is 0.507 e. The van der Waals surface area contributed by atoms with Crippen LogP contribution in [-0.4, -0.2) is 22.3 Å². The summed E-state index contributed by atoms with van der Waals surface area (Å²) in [4.78, 5) is 13.7. The lowest BCUT2D eigenvalue weighted by molar-refractivity contribution is -0.139. The molecule has 0 spiro atoms. The van der Waals surface area contributed by atoms with E-state index in [1.807, 2.05) is 105 Å². The van der Waals surface area contributed by atoms with Gasteiger partial charge >= 0.3 is 5.97 Å². The van der Waals surface area contributed by atoms with Gasteiger partial charge in [0.25, 0.3) is 0 Å². The van der Waals surface area contributed by atoms with E-state index in [-0.39, 0.29) is 11.7 Å². The molecule has 2 atom stereocenters. The molecular weight excluding hydrogens is 448 g/mol. The molecule has 0 aromatic heterocycles. The van der Waals surface area contributed by atoms with Crippen LogP contribution in [0, 0.1) is 5.92 Å². The number of ether oxygens (including phenoxy) is 1. The Morgan fingerprint density at radius 1 is 0.694 bits per heavy atom. The third-order valence-electron chi connectivity index (χ3n) is 6.70. The molecule has 5 rings (SSSR count). The lowest BCUT2D eigenvalue weighted by Gasteiger charge is -2.25. The number of esters is 1. The van der Waals surface area contributed by atoms with Crippen molar-refractivity contribution in [3.05, 3.63) is 109 Å². The first kappa shape index (κ1) is 23.6. The molecule has 0 amide bonds. The van der Waals surface area contributed by atoms with Crippen molar-refractivity contribution in [2.75, 3.05) is 0 Å². The zero-order valence-corrected chi connectivity index (χ0v) is 20.3. The molecule has 2 N–H and O–H groups in total. The van der Waals surface area contributed by atoms with Crippen molar-refractivity contribution in [3.8, 4) is 22.6 Å². The van der Waals surface area contributed by atoms with E-state index in [1.54, 1.807) is 12.1 Å². The van der Waals surface area contributed by atoms with Crippen LogP contribution in [-0.2, 0) is 4.79 Å². The van der Waals surface area contributed by atoms with E-state index in [0.717, 1.165) is 21.5 Å². The van der Waals surface area contributed by atoms with E-state index in [2.05, 4.69) is 0 Å². The van der Waals surface area contributed by atoms with Crippen molar-refractivity contribution in [2.24, 2.45) is 5.92 Å². The Morgan fingerprint density at radius 2 is 1.25 bits per heavy atom. The first-order valence-corrected chi connectivity index (χ1v) is 12.1.